The molecule has 138 valence electrons. The van der Waals surface area contributed by atoms with Gasteiger partial charge in [0.05, 0.1) is 32.1 Å². The first-order valence-corrected chi connectivity index (χ1v) is 9.68. The molecule has 1 unspecified atom stereocenters. The highest BCUT2D eigenvalue weighted by molar-refractivity contribution is 7.90. The average molecular weight is 375 g/mol. The van der Waals surface area contributed by atoms with Crippen LogP contribution in [-0.4, -0.2) is 42.6 Å². The summed E-state index contributed by atoms with van der Waals surface area (Å²) >= 11 is -1.20. The van der Waals surface area contributed by atoms with Crippen molar-refractivity contribution in [3.8, 4) is 11.5 Å². The van der Waals surface area contributed by atoms with E-state index in [4.69, 9.17) is 9.47 Å². The molecule has 1 atom stereocenters. The van der Waals surface area contributed by atoms with E-state index in [2.05, 4.69) is 4.98 Å². The van der Waals surface area contributed by atoms with E-state index >= 15 is 0 Å². The Kier molecular flexibility index (Phi) is 5.24. The lowest BCUT2D eigenvalue weighted by Gasteiger charge is -2.36. The molecule has 0 radical (unpaired) electrons. The van der Waals surface area contributed by atoms with Crippen LogP contribution in [0.5, 0.6) is 11.5 Å². The van der Waals surface area contributed by atoms with Crippen LogP contribution in [0.1, 0.15) is 12.5 Å². The molecule has 1 aliphatic rings. The first kappa shape index (κ1) is 18.3. The Hall–Kier alpha value is -2.45. The summed E-state index contributed by atoms with van der Waals surface area (Å²) < 4.78 is 22.4. The van der Waals surface area contributed by atoms with Gasteiger partial charge in [-0.3, -0.25) is 9.80 Å². The molecular formula is C18H21N3O4S. The maximum atomic E-state index is 13.1. The largest absolute Gasteiger partial charge is 0.610 e. The quantitative estimate of drug-likeness (QED) is 0.751. The van der Waals surface area contributed by atoms with Gasteiger partial charge < -0.3 is 14.0 Å². The molecule has 1 aliphatic heterocycles. The Morgan fingerprint density at radius 1 is 1.19 bits per heavy atom. The van der Waals surface area contributed by atoms with Crippen molar-refractivity contribution in [3.63, 3.8) is 0 Å². The minimum absolute atomic E-state index is 0.158. The summed E-state index contributed by atoms with van der Waals surface area (Å²) in [6.07, 6.45) is 3.26. The number of urea groups is 1. The molecule has 3 rings (SSSR count). The topological polar surface area (TPSA) is 78.0 Å². The first-order chi connectivity index (χ1) is 12.5. The van der Waals surface area contributed by atoms with E-state index in [1.54, 1.807) is 60.7 Å². The van der Waals surface area contributed by atoms with Crippen molar-refractivity contribution in [2.24, 2.45) is 0 Å². The highest BCUT2D eigenvalue weighted by Crippen LogP contribution is 2.35. The Morgan fingerprint density at radius 3 is 2.38 bits per heavy atom. The van der Waals surface area contributed by atoms with E-state index in [1.165, 1.54) is 0 Å². The van der Waals surface area contributed by atoms with E-state index in [-0.39, 0.29) is 6.03 Å². The molecule has 0 N–H and O–H groups in total. The summed E-state index contributed by atoms with van der Waals surface area (Å²) in [5.74, 6) is 1.21. The monoisotopic (exact) mass is 375 g/mol. The van der Waals surface area contributed by atoms with E-state index in [0.717, 1.165) is 11.3 Å². The van der Waals surface area contributed by atoms with Gasteiger partial charge in [-0.05, 0) is 6.92 Å². The molecule has 1 aromatic carbocycles. The molecule has 26 heavy (non-hydrogen) atoms. The van der Waals surface area contributed by atoms with Crippen LogP contribution >= 0.6 is 0 Å². The number of amides is 2. The zero-order chi connectivity index (χ0) is 18.8. The molecule has 0 spiro atoms. The average Bonchev–Trinajstić information content (AvgIpc) is 2.66. The summed E-state index contributed by atoms with van der Waals surface area (Å²) in [5.41, 5.74) is 2.32. The molecule has 0 saturated heterocycles. The molecule has 0 fully saturated rings. The minimum Gasteiger partial charge on any atom is -0.610 e. The number of hydrogen-bond acceptors (Lipinski definition) is 5. The summed E-state index contributed by atoms with van der Waals surface area (Å²) in [7, 11) is 3.14. The highest BCUT2D eigenvalue weighted by atomic mass is 32.2. The number of ether oxygens (including phenoxy) is 2. The lowest BCUT2D eigenvalue weighted by Crippen LogP contribution is -2.47. The van der Waals surface area contributed by atoms with Crippen molar-refractivity contribution >= 4 is 28.6 Å². The summed E-state index contributed by atoms with van der Waals surface area (Å²) in [5, 5.41) is 0.464. The summed E-state index contributed by atoms with van der Waals surface area (Å²) in [4.78, 5) is 20.7. The third kappa shape index (κ3) is 3.30. The predicted molar refractivity (Wildman–Crippen MR) is 101 cm³/mol. The van der Waals surface area contributed by atoms with Gasteiger partial charge in [-0.1, -0.05) is 0 Å². The van der Waals surface area contributed by atoms with Crippen molar-refractivity contribution in [3.05, 3.63) is 36.0 Å². The van der Waals surface area contributed by atoms with Crippen LogP contribution in [-0.2, 0) is 17.7 Å². The van der Waals surface area contributed by atoms with Crippen molar-refractivity contribution in [1.82, 2.24) is 4.98 Å². The van der Waals surface area contributed by atoms with Gasteiger partial charge in [0.1, 0.15) is 17.8 Å². The van der Waals surface area contributed by atoms with E-state index in [1.807, 2.05) is 6.92 Å². The minimum atomic E-state index is -1.20. The van der Waals surface area contributed by atoms with Gasteiger partial charge in [-0.2, -0.15) is 0 Å². The third-order valence-electron chi connectivity index (χ3n) is 4.28. The Balaban J connectivity index is 2.05. The molecule has 0 bridgehead atoms. The number of hydrogen-bond donors (Lipinski definition) is 0. The van der Waals surface area contributed by atoms with E-state index in [0.29, 0.717) is 35.3 Å². The number of methoxy groups -OCH3 is 2. The highest BCUT2D eigenvalue weighted by Gasteiger charge is 2.32. The fourth-order valence-corrected chi connectivity index (χ4v) is 3.41. The van der Waals surface area contributed by atoms with Gasteiger partial charge >= 0.3 is 6.03 Å². The second-order valence-corrected chi connectivity index (χ2v) is 7.12. The Labute approximate surface area is 155 Å². The van der Waals surface area contributed by atoms with Gasteiger partial charge in [-0.15, -0.1) is 0 Å². The molecule has 2 heterocycles. The molecule has 2 amide bonds. The van der Waals surface area contributed by atoms with Crippen molar-refractivity contribution in [2.45, 2.75) is 18.5 Å². The fraction of sp³-hybridized carbons (Fsp3) is 0.333. The van der Waals surface area contributed by atoms with Gasteiger partial charge in [0, 0.05) is 53.7 Å². The van der Waals surface area contributed by atoms with Gasteiger partial charge in [0.25, 0.3) is 0 Å². The van der Waals surface area contributed by atoms with Crippen LogP contribution in [0.4, 0.5) is 16.2 Å². The fourth-order valence-electron chi connectivity index (χ4n) is 2.93. The smallest absolute Gasteiger partial charge is 0.329 e. The molecule has 8 heteroatoms. The maximum Gasteiger partial charge on any atom is 0.329 e. The third-order valence-corrected chi connectivity index (χ3v) is 5.09. The van der Waals surface area contributed by atoms with Crippen LogP contribution in [0.2, 0.25) is 0 Å². The Bertz CT molecular complexity index is 806. The van der Waals surface area contributed by atoms with Crippen LogP contribution in [0.25, 0.3) is 0 Å². The number of aromatic nitrogens is 1. The van der Waals surface area contributed by atoms with Crippen LogP contribution in [0.15, 0.2) is 35.5 Å². The number of anilines is 2. The molecule has 1 aromatic heterocycles. The van der Waals surface area contributed by atoms with Gasteiger partial charge in [-0.25, -0.2) is 9.78 Å². The summed E-state index contributed by atoms with van der Waals surface area (Å²) in [6.45, 7) is 2.76. The van der Waals surface area contributed by atoms with E-state index < -0.39 is 11.2 Å². The van der Waals surface area contributed by atoms with Crippen molar-refractivity contribution < 1.29 is 18.8 Å². The lowest BCUT2D eigenvalue weighted by atomic mass is 10.1. The molecule has 0 aliphatic carbocycles. The number of carbonyl (C=O) groups excluding carboxylic acids is 1. The zero-order valence-corrected chi connectivity index (χ0v) is 16.0. The second-order valence-electron chi connectivity index (χ2n) is 5.79. The molecule has 0 saturated carbocycles. The second kappa shape index (κ2) is 7.43. The van der Waals surface area contributed by atoms with E-state index in [9.17, 15) is 9.35 Å². The standard InChI is InChI=1S/C18H21N3O4S/c1-5-20-16-9-17(26(4)23)19-10-12(16)11-21(18(20)22)13-6-14(24-2)8-15(7-13)25-3/h6-10H,5,11H2,1-4H3. The molecular weight excluding hydrogens is 354 g/mol. The van der Waals surface area contributed by atoms with Crippen molar-refractivity contribution in [1.29, 1.82) is 0 Å². The van der Waals surface area contributed by atoms with Gasteiger partial charge in [0.2, 0.25) is 5.03 Å². The SMILES string of the molecule is CCN1C(=O)N(c2cc(OC)cc(OC)c2)Cc2cnc([S+](C)[O-])cc21. The normalized spacial score (nSPS) is 14.9. The molecule has 7 nitrogen and oxygen atoms in total. The van der Waals surface area contributed by atoms with Crippen molar-refractivity contribution in [2.75, 3.05) is 36.8 Å². The van der Waals surface area contributed by atoms with Crippen LogP contribution in [0, 0.1) is 0 Å². The Morgan fingerprint density at radius 2 is 1.85 bits per heavy atom. The van der Waals surface area contributed by atoms with Crippen LogP contribution < -0.4 is 19.3 Å². The summed E-state index contributed by atoms with van der Waals surface area (Å²) in [6, 6.07) is 6.92. The number of benzene rings is 1. The maximum absolute atomic E-state index is 13.1. The molecule has 2 aromatic rings. The number of carbonyl (C=O) groups is 1. The zero-order valence-electron chi connectivity index (χ0n) is 15.2. The van der Waals surface area contributed by atoms with Crippen LogP contribution in [0.3, 0.4) is 0 Å². The number of pyridine rings is 1. The number of fused-ring (bicyclic) bond motifs is 1. The number of nitrogens with zero attached hydrogens (tertiary/aromatic N) is 3. The van der Waals surface area contributed by atoms with Gasteiger partial charge in [0.15, 0.2) is 0 Å². The lowest BCUT2D eigenvalue weighted by molar-refractivity contribution is 0.250. The first-order valence-electron chi connectivity index (χ1n) is 8.13. The predicted octanol–water partition coefficient (Wildman–Crippen LogP) is 2.80. The number of rotatable bonds is 5.